The normalized spacial score (nSPS) is 10.4. The largest absolute Gasteiger partial charge is 0.507 e. The summed E-state index contributed by atoms with van der Waals surface area (Å²) in [4.78, 5) is 16.2. The molecule has 2 aromatic rings. The number of aromatic nitrogens is 1. The minimum absolute atomic E-state index is 0.0188. The number of carbonyl (C=O) groups is 1. The van der Waals surface area contributed by atoms with Crippen LogP contribution in [-0.4, -0.2) is 15.9 Å². The number of aromatic hydroxyl groups is 1. The van der Waals surface area contributed by atoms with E-state index in [1.807, 2.05) is 12.1 Å². The molecule has 1 heterocycles. The van der Waals surface area contributed by atoms with E-state index in [9.17, 15) is 14.3 Å². The van der Waals surface area contributed by atoms with Crippen LogP contribution in [0.15, 0.2) is 41.6 Å². The van der Waals surface area contributed by atoms with Crippen LogP contribution >= 0.6 is 11.8 Å². The van der Waals surface area contributed by atoms with Gasteiger partial charge in [0.15, 0.2) is 5.78 Å². The molecule has 0 amide bonds. The van der Waals surface area contributed by atoms with Crippen molar-refractivity contribution in [2.45, 2.75) is 17.6 Å². The second kappa shape index (κ2) is 5.84. The number of hydrogen-bond donors (Lipinski definition) is 1. The molecule has 0 fully saturated rings. The van der Waals surface area contributed by atoms with Gasteiger partial charge in [0, 0.05) is 28.6 Å². The smallest absolute Gasteiger partial charge is 0.163 e. The number of hydrogen-bond acceptors (Lipinski definition) is 4. The molecule has 0 unspecified atom stereocenters. The average Bonchev–Trinajstić information content (AvgIpc) is 2.40. The van der Waals surface area contributed by atoms with Crippen molar-refractivity contribution in [3.05, 3.63) is 53.6 Å². The number of halogens is 1. The first-order valence-corrected chi connectivity index (χ1v) is 6.61. The first kappa shape index (κ1) is 13.5. The van der Waals surface area contributed by atoms with Crippen LogP contribution in [0.25, 0.3) is 0 Å². The van der Waals surface area contributed by atoms with Gasteiger partial charge in [0.05, 0.1) is 5.56 Å². The van der Waals surface area contributed by atoms with Gasteiger partial charge in [-0.05, 0) is 31.2 Å². The Hall–Kier alpha value is -1.88. The zero-order valence-corrected chi connectivity index (χ0v) is 11.1. The highest BCUT2D eigenvalue weighted by Crippen LogP contribution is 2.30. The van der Waals surface area contributed by atoms with E-state index < -0.39 is 5.82 Å². The van der Waals surface area contributed by atoms with Gasteiger partial charge in [-0.25, -0.2) is 4.39 Å². The van der Waals surface area contributed by atoms with Gasteiger partial charge in [-0.1, -0.05) is 0 Å². The van der Waals surface area contributed by atoms with E-state index in [2.05, 4.69) is 4.98 Å². The van der Waals surface area contributed by atoms with Crippen molar-refractivity contribution in [2.24, 2.45) is 0 Å². The SMILES string of the molecule is CC(=O)c1cc(F)cc(CSc2ccncc2)c1O. The van der Waals surface area contributed by atoms with Gasteiger partial charge in [0.1, 0.15) is 11.6 Å². The zero-order chi connectivity index (χ0) is 13.8. The second-order valence-electron chi connectivity index (χ2n) is 3.99. The molecule has 0 saturated heterocycles. The Kier molecular flexibility index (Phi) is 4.16. The van der Waals surface area contributed by atoms with E-state index in [-0.39, 0.29) is 17.1 Å². The molecular formula is C14H12FNO2S. The predicted octanol–water partition coefficient (Wildman–Crippen LogP) is 3.42. The standard InChI is InChI=1S/C14H12FNO2S/c1-9(17)13-7-11(15)6-10(14(13)18)8-19-12-2-4-16-5-3-12/h2-7,18H,8H2,1H3. The van der Waals surface area contributed by atoms with Crippen LogP contribution < -0.4 is 0 Å². The number of nitrogens with zero attached hydrogens (tertiary/aromatic N) is 1. The first-order valence-electron chi connectivity index (χ1n) is 5.63. The summed E-state index contributed by atoms with van der Waals surface area (Å²) in [5.41, 5.74) is 0.428. The number of phenols is 1. The molecule has 0 spiro atoms. The molecule has 1 N–H and O–H groups in total. The highest BCUT2D eigenvalue weighted by molar-refractivity contribution is 7.98. The van der Waals surface area contributed by atoms with Gasteiger partial charge < -0.3 is 5.11 Å². The lowest BCUT2D eigenvalue weighted by Gasteiger charge is -2.08. The number of ketones is 1. The number of phenolic OH excluding ortho intramolecular Hbond substituents is 1. The van der Waals surface area contributed by atoms with E-state index in [0.29, 0.717) is 11.3 Å². The molecule has 5 heteroatoms. The Morgan fingerprint density at radius 1 is 1.37 bits per heavy atom. The summed E-state index contributed by atoms with van der Waals surface area (Å²) >= 11 is 1.44. The van der Waals surface area contributed by atoms with Crippen LogP contribution in [0.3, 0.4) is 0 Å². The fourth-order valence-electron chi connectivity index (χ4n) is 1.63. The molecule has 1 aromatic carbocycles. The second-order valence-corrected chi connectivity index (χ2v) is 5.04. The number of pyridine rings is 1. The van der Waals surface area contributed by atoms with Gasteiger partial charge in [-0.2, -0.15) is 0 Å². The van der Waals surface area contributed by atoms with Crippen LogP contribution in [0.4, 0.5) is 4.39 Å². The zero-order valence-electron chi connectivity index (χ0n) is 10.3. The fraction of sp³-hybridized carbons (Fsp3) is 0.143. The third-order valence-corrected chi connectivity index (χ3v) is 3.64. The molecule has 0 aliphatic heterocycles. The highest BCUT2D eigenvalue weighted by atomic mass is 32.2. The van der Waals surface area contributed by atoms with Crippen molar-refractivity contribution in [1.29, 1.82) is 0 Å². The van der Waals surface area contributed by atoms with E-state index in [0.717, 1.165) is 11.0 Å². The Morgan fingerprint density at radius 3 is 2.68 bits per heavy atom. The van der Waals surface area contributed by atoms with Crippen molar-refractivity contribution in [1.82, 2.24) is 4.98 Å². The summed E-state index contributed by atoms with van der Waals surface area (Å²) in [7, 11) is 0. The van der Waals surface area contributed by atoms with E-state index in [1.54, 1.807) is 12.4 Å². The van der Waals surface area contributed by atoms with E-state index >= 15 is 0 Å². The van der Waals surface area contributed by atoms with E-state index in [1.165, 1.54) is 24.8 Å². The molecule has 19 heavy (non-hydrogen) atoms. The molecule has 0 radical (unpaired) electrons. The molecule has 0 saturated carbocycles. The number of Topliss-reactive ketones (excluding diaryl/α,β-unsaturated/α-hetero) is 1. The summed E-state index contributed by atoms with van der Waals surface area (Å²) in [5.74, 6) is -0.635. The molecule has 0 atom stereocenters. The summed E-state index contributed by atoms with van der Waals surface area (Å²) in [6.45, 7) is 1.30. The summed E-state index contributed by atoms with van der Waals surface area (Å²) < 4.78 is 13.4. The van der Waals surface area contributed by atoms with Gasteiger partial charge in [0.2, 0.25) is 0 Å². The topological polar surface area (TPSA) is 50.2 Å². The maximum absolute atomic E-state index is 13.4. The molecule has 0 aliphatic carbocycles. The number of carbonyl (C=O) groups excluding carboxylic acids is 1. The lowest BCUT2D eigenvalue weighted by Crippen LogP contribution is -1.97. The lowest BCUT2D eigenvalue weighted by molar-refractivity contribution is 0.101. The first-order chi connectivity index (χ1) is 9.08. The number of benzene rings is 1. The molecule has 3 nitrogen and oxygen atoms in total. The maximum Gasteiger partial charge on any atom is 0.163 e. The van der Waals surface area contributed by atoms with Crippen LogP contribution in [0.5, 0.6) is 5.75 Å². The quantitative estimate of drug-likeness (QED) is 0.687. The van der Waals surface area contributed by atoms with Crippen LogP contribution in [0.2, 0.25) is 0 Å². The van der Waals surface area contributed by atoms with Gasteiger partial charge in [-0.3, -0.25) is 9.78 Å². The van der Waals surface area contributed by atoms with Crippen molar-refractivity contribution in [2.75, 3.05) is 0 Å². The molecular weight excluding hydrogens is 265 g/mol. The Morgan fingerprint density at radius 2 is 2.05 bits per heavy atom. The number of thioether (sulfide) groups is 1. The van der Waals surface area contributed by atoms with E-state index in [4.69, 9.17) is 0 Å². The summed E-state index contributed by atoms with van der Waals surface area (Å²) in [6, 6.07) is 5.95. The van der Waals surface area contributed by atoms with Crippen LogP contribution in [0, 0.1) is 5.82 Å². The number of rotatable bonds is 4. The Labute approximate surface area is 114 Å². The van der Waals surface area contributed by atoms with Crippen molar-refractivity contribution >= 4 is 17.5 Å². The van der Waals surface area contributed by atoms with Crippen LogP contribution in [-0.2, 0) is 5.75 Å². The third kappa shape index (κ3) is 3.32. The van der Waals surface area contributed by atoms with Crippen LogP contribution in [0.1, 0.15) is 22.8 Å². The summed E-state index contributed by atoms with van der Waals surface area (Å²) in [5, 5.41) is 9.95. The minimum atomic E-state index is -0.520. The van der Waals surface area contributed by atoms with Crippen molar-refractivity contribution in [3.63, 3.8) is 0 Å². The minimum Gasteiger partial charge on any atom is -0.507 e. The fourth-order valence-corrected chi connectivity index (χ4v) is 2.49. The third-order valence-electron chi connectivity index (χ3n) is 2.58. The molecule has 1 aromatic heterocycles. The molecule has 0 aliphatic rings. The average molecular weight is 277 g/mol. The van der Waals surface area contributed by atoms with Gasteiger partial charge in [-0.15, -0.1) is 11.8 Å². The summed E-state index contributed by atoms with van der Waals surface area (Å²) in [6.07, 6.45) is 3.32. The highest BCUT2D eigenvalue weighted by Gasteiger charge is 2.13. The Bertz CT molecular complexity index is 602. The molecule has 2 rings (SSSR count). The monoisotopic (exact) mass is 277 g/mol. The van der Waals surface area contributed by atoms with Crippen molar-refractivity contribution in [3.8, 4) is 5.75 Å². The molecule has 0 bridgehead atoms. The predicted molar refractivity (Wildman–Crippen MR) is 71.9 cm³/mol. The lowest BCUT2D eigenvalue weighted by atomic mass is 10.1. The van der Waals surface area contributed by atoms with Gasteiger partial charge in [0.25, 0.3) is 0 Å². The maximum atomic E-state index is 13.4. The van der Waals surface area contributed by atoms with Gasteiger partial charge >= 0.3 is 0 Å². The molecule has 98 valence electrons. The van der Waals surface area contributed by atoms with Crippen molar-refractivity contribution < 1.29 is 14.3 Å². The Balaban J connectivity index is 2.23.